The number of aromatic amines is 2. The fourth-order valence-electron chi connectivity index (χ4n) is 2.10. The molecule has 0 aliphatic carbocycles. The number of aliphatic hydroxyl groups excluding tert-OH is 1. The molecule has 0 aliphatic heterocycles. The van der Waals surface area contributed by atoms with Gasteiger partial charge in [-0.1, -0.05) is 0 Å². The number of hydrogen-bond acceptors (Lipinski definition) is 4. The van der Waals surface area contributed by atoms with Gasteiger partial charge in [-0.3, -0.25) is 4.79 Å². The second-order valence-electron chi connectivity index (χ2n) is 4.82. The average Bonchev–Trinajstić information content (AvgIpc) is 3.12. The minimum Gasteiger partial charge on any atom is -0.392 e. The van der Waals surface area contributed by atoms with E-state index in [-0.39, 0.29) is 16.7 Å². The Morgan fingerprint density at radius 3 is 3.14 bits per heavy atom. The van der Waals surface area contributed by atoms with E-state index in [2.05, 4.69) is 25.3 Å². The van der Waals surface area contributed by atoms with Crippen molar-refractivity contribution in [2.75, 3.05) is 6.54 Å². The molecule has 3 aromatic heterocycles. The molecule has 3 rings (SSSR count). The van der Waals surface area contributed by atoms with Gasteiger partial charge in [0.15, 0.2) is 0 Å². The zero-order valence-corrected chi connectivity index (χ0v) is 11.4. The van der Waals surface area contributed by atoms with Crippen molar-refractivity contribution in [3.63, 3.8) is 0 Å². The summed E-state index contributed by atoms with van der Waals surface area (Å²) in [5.41, 5.74) is 2.74. The molecule has 0 fully saturated rings. The molecule has 3 aromatic rings. The Balaban J connectivity index is 0.00000176. The lowest BCUT2D eigenvalue weighted by atomic mass is 10.1. The van der Waals surface area contributed by atoms with Gasteiger partial charge in [0.1, 0.15) is 17.7 Å². The van der Waals surface area contributed by atoms with Crippen LogP contribution in [0.3, 0.4) is 0 Å². The molecule has 0 aromatic carbocycles. The fraction of sp³-hybridized carbons (Fsp3) is 0.214. The van der Waals surface area contributed by atoms with E-state index >= 15 is 0 Å². The molecule has 0 unspecified atom stereocenters. The summed E-state index contributed by atoms with van der Waals surface area (Å²) >= 11 is 0. The Morgan fingerprint density at radius 1 is 1.48 bits per heavy atom. The largest absolute Gasteiger partial charge is 0.392 e. The predicted octanol–water partition coefficient (Wildman–Crippen LogP) is 1.80. The van der Waals surface area contributed by atoms with Crippen LogP contribution in [0.4, 0.5) is 0 Å². The van der Waals surface area contributed by atoms with Gasteiger partial charge in [0.05, 0.1) is 11.8 Å². The van der Waals surface area contributed by atoms with Crippen LogP contribution in [0.25, 0.3) is 22.3 Å². The summed E-state index contributed by atoms with van der Waals surface area (Å²) in [6.07, 6.45) is 4.43. The zero-order valence-electron chi connectivity index (χ0n) is 11.4. The summed E-state index contributed by atoms with van der Waals surface area (Å²) < 4.78 is 0. The number of H-pyrrole nitrogens is 2. The minimum absolute atomic E-state index is 0. The first kappa shape index (κ1) is 13.3. The molecule has 7 nitrogen and oxygen atoms in total. The van der Waals surface area contributed by atoms with Crippen LogP contribution < -0.4 is 5.32 Å². The molecule has 0 spiro atoms. The summed E-state index contributed by atoms with van der Waals surface area (Å²) in [6, 6.07) is 3.62. The number of rotatable bonds is 4. The Labute approximate surface area is 124 Å². The molecule has 114 valence electrons. The monoisotopic (exact) mass is 291 g/mol. The molecule has 1 atom stereocenters. The van der Waals surface area contributed by atoms with Crippen molar-refractivity contribution in [2.45, 2.75) is 13.0 Å². The molecule has 0 radical (unpaired) electrons. The fourth-order valence-corrected chi connectivity index (χ4v) is 2.10. The van der Waals surface area contributed by atoms with E-state index in [0.29, 0.717) is 5.69 Å². The second-order valence-corrected chi connectivity index (χ2v) is 4.82. The molecule has 7 heteroatoms. The lowest BCUT2D eigenvalue weighted by Gasteiger charge is -2.05. The Hall–Kier alpha value is -2.67. The van der Waals surface area contributed by atoms with E-state index in [1.54, 1.807) is 25.4 Å². The third-order valence-electron chi connectivity index (χ3n) is 3.11. The van der Waals surface area contributed by atoms with Crippen molar-refractivity contribution in [1.82, 2.24) is 25.3 Å². The SMILES string of the molecule is C[C@@H](O)CNC(=O)c1cc(-c2ncnc3[nH]ccc23)c[nH]1.[HH].[HH].[HH]. The summed E-state index contributed by atoms with van der Waals surface area (Å²) in [5.74, 6) is -0.262. The molecular formula is C14H21N5O2. The first-order valence-corrected chi connectivity index (χ1v) is 6.58. The highest BCUT2D eigenvalue weighted by Crippen LogP contribution is 2.25. The van der Waals surface area contributed by atoms with Crippen molar-refractivity contribution in [3.05, 3.63) is 36.5 Å². The van der Waals surface area contributed by atoms with Gasteiger partial charge in [0.25, 0.3) is 5.91 Å². The Bertz CT molecular complexity index is 787. The maximum absolute atomic E-state index is 11.9. The van der Waals surface area contributed by atoms with Gasteiger partial charge >= 0.3 is 0 Å². The van der Waals surface area contributed by atoms with Crippen LogP contribution in [0.15, 0.2) is 30.9 Å². The second kappa shape index (κ2) is 5.37. The van der Waals surface area contributed by atoms with E-state index in [4.69, 9.17) is 0 Å². The standard InChI is InChI=1S/C14H15N5O2.3H2/c1-8(20)5-17-14(21)11-4-9(6-16-11)12-10-2-3-15-13(10)19-7-18-12;;;/h2-4,6-8,16,20H,5H2,1H3,(H,17,21)(H,15,18,19);3*1H/t8-;;;/m1.../s1. The molecular weight excluding hydrogens is 270 g/mol. The molecule has 4 N–H and O–H groups in total. The smallest absolute Gasteiger partial charge is 0.267 e. The van der Waals surface area contributed by atoms with Crippen LogP contribution in [0.1, 0.15) is 21.7 Å². The summed E-state index contributed by atoms with van der Waals surface area (Å²) in [7, 11) is 0. The highest BCUT2D eigenvalue weighted by Gasteiger charge is 2.13. The van der Waals surface area contributed by atoms with Gasteiger partial charge in [-0.2, -0.15) is 0 Å². The topological polar surface area (TPSA) is 107 Å². The zero-order chi connectivity index (χ0) is 14.8. The lowest BCUT2D eigenvalue weighted by molar-refractivity contribution is 0.0919. The highest BCUT2D eigenvalue weighted by molar-refractivity contribution is 5.96. The molecule has 1 amide bonds. The molecule has 0 saturated heterocycles. The van der Waals surface area contributed by atoms with Crippen molar-refractivity contribution in [3.8, 4) is 11.3 Å². The van der Waals surface area contributed by atoms with Crippen molar-refractivity contribution in [2.24, 2.45) is 0 Å². The number of amides is 1. The number of carbonyl (C=O) groups is 1. The summed E-state index contributed by atoms with van der Waals surface area (Å²) in [6.45, 7) is 1.83. The van der Waals surface area contributed by atoms with Crippen LogP contribution in [-0.2, 0) is 0 Å². The summed E-state index contributed by atoms with van der Waals surface area (Å²) in [5, 5.41) is 12.7. The third kappa shape index (κ3) is 2.63. The van der Waals surface area contributed by atoms with Crippen molar-refractivity contribution >= 4 is 16.9 Å². The Morgan fingerprint density at radius 2 is 2.33 bits per heavy atom. The van der Waals surface area contributed by atoms with Crippen molar-refractivity contribution in [1.29, 1.82) is 0 Å². The highest BCUT2D eigenvalue weighted by atomic mass is 16.3. The molecule has 0 aliphatic rings. The normalized spacial score (nSPS) is 12.5. The van der Waals surface area contributed by atoms with E-state index in [0.717, 1.165) is 22.3 Å². The van der Waals surface area contributed by atoms with Crippen LogP contribution >= 0.6 is 0 Å². The minimum atomic E-state index is -0.579. The predicted molar refractivity (Wildman–Crippen MR) is 84.0 cm³/mol. The van der Waals surface area contributed by atoms with Gasteiger partial charge in [0.2, 0.25) is 0 Å². The van der Waals surface area contributed by atoms with Crippen LogP contribution in [-0.4, -0.2) is 43.6 Å². The van der Waals surface area contributed by atoms with Gasteiger partial charge < -0.3 is 20.4 Å². The first-order chi connectivity index (χ1) is 10.1. The maximum atomic E-state index is 11.9. The number of carbonyl (C=O) groups excluding carboxylic acids is 1. The number of fused-ring (bicyclic) bond motifs is 1. The summed E-state index contributed by atoms with van der Waals surface area (Å²) in [4.78, 5) is 26.3. The van der Waals surface area contributed by atoms with Crippen LogP contribution in [0.2, 0.25) is 0 Å². The van der Waals surface area contributed by atoms with E-state index in [1.807, 2.05) is 6.07 Å². The van der Waals surface area contributed by atoms with Crippen molar-refractivity contribution < 1.29 is 14.2 Å². The molecule has 3 heterocycles. The number of aliphatic hydroxyl groups is 1. The van der Waals surface area contributed by atoms with Gasteiger partial charge in [-0.15, -0.1) is 0 Å². The van der Waals surface area contributed by atoms with Gasteiger partial charge in [-0.05, 0) is 19.1 Å². The van der Waals surface area contributed by atoms with Crippen LogP contribution in [0, 0.1) is 0 Å². The number of nitrogens with one attached hydrogen (secondary N) is 3. The average molecular weight is 291 g/mol. The lowest BCUT2D eigenvalue weighted by Crippen LogP contribution is -2.30. The first-order valence-electron chi connectivity index (χ1n) is 6.58. The van der Waals surface area contributed by atoms with Gasteiger partial charge in [0, 0.05) is 34.2 Å². The van der Waals surface area contributed by atoms with Crippen LogP contribution in [0.5, 0.6) is 0 Å². The third-order valence-corrected chi connectivity index (χ3v) is 3.11. The van der Waals surface area contributed by atoms with E-state index in [9.17, 15) is 9.90 Å². The number of aromatic nitrogens is 4. The number of nitrogens with zero attached hydrogens (tertiary/aromatic N) is 2. The number of hydrogen-bond donors (Lipinski definition) is 4. The molecule has 21 heavy (non-hydrogen) atoms. The van der Waals surface area contributed by atoms with Gasteiger partial charge in [-0.25, -0.2) is 9.97 Å². The van der Waals surface area contributed by atoms with E-state index in [1.165, 1.54) is 6.33 Å². The molecule has 0 bridgehead atoms. The Kier molecular flexibility index (Phi) is 3.41. The van der Waals surface area contributed by atoms with E-state index < -0.39 is 6.10 Å². The maximum Gasteiger partial charge on any atom is 0.267 e. The quantitative estimate of drug-likeness (QED) is 0.588. The molecule has 0 saturated carbocycles.